The van der Waals surface area contributed by atoms with E-state index in [9.17, 15) is 4.79 Å². The van der Waals surface area contributed by atoms with Gasteiger partial charge in [-0.05, 0) is 36.8 Å². The van der Waals surface area contributed by atoms with E-state index in [1.165, 1.54) is 0 Å². The number of amides is 1. The third-order valence-electron chi connectivity index (χ3n) is 5.83. The molecule has 5 rings (SSSR count). The molecule has 0 unspecified atom stereocenters. The number of aromatic nitrogens is 4. The van der Waals surface area contributed by atoms with Crippen molar-refractivity contribution in [3.8, 4) is 17.0 Å². The van der Waals surface area contributed by atoms with Crippen LogP contribution in [0, 0.1) is 6.92 Å². The van der Waals surface area contributed by atoms with E-state index in [1.54, 1.807) is 11.1 Å². The van der Waals surface area contributed by atoms with Crippen molar-refractivity contribution in [2.24, 2.45) is 0 Å². The molecule has 0 saturated carbocycles. The van der Waals surface area contributed by atoms with Crippen molar-refractivity contribution >= 4 is 40.4 Å². The summed E-state index contributed by atoms with van der Waals surface area (Å²) in [7, 11) is 0. The lowest BCUT2D eigenvalue weighted by Crippen LogP contribution is -2.50. The number of piperazine rings is 1. The Morgan fingerprint density at radius 3 is 2.57 bits per heavy atom. The number of carbonyl (C=O) groups excluding carboxylic acids is 1. The molecule has 9 nitrogen and oxygen atoms in total. The summed E-state index contributed by atoms with van der Waals surface area (Å²) in [5.74, 6) is 1.38. The molecule has 1 fully saturated rings. The number of aryl methyl sites for hydroxylation is 1. The Kier molecular flexibility index (Phi) is 6.33. The second kappa shape index (κ2) is 9.71. The average Bonchev–Trinajstić information content (AvgIpc) is 2.87. The minimum atomic E-state index is -0.0527. The number of anilines is 2. The summed E-state index contributed by atoms with van der Waals surface area (Å²) in [5.41, 5.74) is 9.61. The van der Waals surface area contributed by atoms with Gasteiger partial charge in [0.1, 0.15) is 5.75 Å². The molecule has 1 amide bonds. The maximum Gasteiger partial charge on any atom is 0.260 e. The van der Waals surface area contributed by atoms with Gasteiger partial charge in [0, 0.05) is 36.8 Å². The highest BCUT2D eigenvalue weighted by Crippen LogP contribution is 2.27. The van der Waals surface area contributed by atoms with Crippen LogP contribution in [0.3, 0.4) is 0 Å². The topological polar surface area (TPSA) is 110 Å². The molecule has 1 saturated heterocycles. The predicted molar refractivity (Wildman–Crippen MR) is 135 cm³/mol. The van der Waals surface area contributed by atoms with Crippen molar-refractivity contribution in [1.82, 2.24) is 24.8 Å². The van der Waals surface area contributed by atoms with E-state index in [2.05, 4.69) is 19.9 Å². The Hall–Kier alpha value is -3.98. The third kappa shape index (κ3) is 5.09. The molecular formula is C25H24ClN7O2. The van der Waals surface area contributed by atoms with Crippen LogP contribution in [0.25, 0.3) is 22.4 Å². The molecule has 2 aromatic heterocycles. The van der Waals surface area contributed by atoms with E-state index in [1.807, 2.05) is 55.5 Å². The van der Waals surface area contributed by atoms with Gasteiger partial charge in [-0.25, -0.2) is 9.97 Å². The summed E-state index contributed by atoms with van der Waals surface area (Å²) in [4.78, 5) is 34.5. The summed E-state index contributed by atoms with van der Waals surface area (Å²) in [6, 6.07) is 15.0. The molecule has 2 aromatic carbocycles. The number of benzene rings is 2. The summed E-state index contributed by atoms with van der Waals surface area (Å²) in [6.07, 6.45) is 1.66. The first-order valence-corrected chi connectivity index (χ1v) is 11.6. The largest absolute Gasteiger partial charge is 0.484 e. The van der Waals surface area contributed by atoms with Crippen molar-refractivity contribution in [1.29, 1.82) is 0 Å². The fraction of sp³-hybridized carbons (Fsp3) is 0.240. The van der Waals surface area contributed by atoms with Crippen LogP contribution in [0.1, 0.15) is 5.56 Å². The van der Waals surface area contributed by atoms with Crippen LogP contribution >= 0.6 is 11.6 Å². The molecule has 0 spiro atoms. The summed E-state index contributed by atoms with van der Waals surface area (Å²) >= 11 is 6.02. The second-order valence-corrected chi connectivity index (χ2v) is 8.75. The van der Waals surface area contributed by atoms with Gasteiger partial charge < -0.3 is 20.3 Å². The highest BCUT2D eigenvalue weighted by atomic mass is 35.5. The smallest absolute Gasteiger partial charge is 0.260 e. The summed E-state index contributed by atoms with van der Waals surface area (Å²) in [5, 5.41) is 0.649. The van der Waals surface area contributed by atoms with Crippen molar-refractivity contribution in [2.75, 3.05) is 43.4 Å². The molecule has 4 aromatic rings. The molecule has 178 valence electrons. The number of hydrogen-bond acceptors (Lipinski definition) is 8. The van der Waals surface area contributed by atoms with Crippen molar-refractivity contribution < 1.29 is 9.53 Å². The Morgan fingerprint density at radius 1 is 1.06 bits per heavy atom. The van der Waals surface area contributed by atoms with Gasteiger partial charge in [0.2, 0.25) is 5.95 Å². The minimum Gasteiger partial charge on any atom is -0.484 e. The van der Waals surface area contributed by atoms with Crippen molar-refractivity contribution in [3.05, 3.63) is 65.3 Å². The number of ether oxygens (including phenoxy) is 1. The monoisotopic (exact) mass is 489 g/mol. The van der Waals surface area contributed by atoms with Gasteiger partial charge in [-0.3, -0.25) is 4.79 Å². The fourth-order valence-electron chi connectivity index (χ4n) is 4.00. The zero-order chi connectivity index (χ0) is 24.4. The Balaban J connectivity index is 1.31. The van der Waals surface area contributed by atoms with E-state index >= 15 is 0 Å². The number of halogens is 1. The third-order valence-corrected chi connectivity index (χ3v) is 6.08. The quantitative estimate of drug-likeness (QED) is 0.454. The lowest BCUT2D eigenvalue weighted by atomic mass is 10.1. The van der Waals surface area contributed by atoms with Crippen LogP contribution in [0.2, 0.25) is 5.02 Å². The highest BCUT2D eigenvalue weighted by molar-refractivity contribution is 6.30. The van der Waals surface area contributed by atoms with E-state index in [-0.39, 0.29) is 18.5 Å². The maximum absolute atomic E-state index is 12.7. The zero-order valence-corrected chi connectivity index (χ0v) is 19.9. The molecule has 1 aliphatic rings. The molecule has 3 heterocycles. The first-order valence-electron chi connectivity index (χ1n) is 11.2. The lowest BCUT2D eigenvalue weighted by Gasteiger charge is -2.35. The van der Waals surface area contributed by atoms with Gasteiger partial charge in [-0.2, -0.15) is 9.97 Å². The molecule has 2 N–H and O–H groups in total. The standard InChI is InChI=1S/C25H24ClN7O2/c1-16-3-2-4-19(13-16)35-15-21(34)32-9-11-33(12-10-32)24-22-23(30-25(27)31-24)28-14-20(29-22)17-5-7-18(26)8-6-17/h2-8,13-14H,9-12,15H2,1H3,(H2,27,28,30,31). The van der Waals surface area contributed by atoms with Gasteiger partial charge in [-0.15, -0.1) is 0 Å². The normalized spacial score (nSPS) is 13.8. The molecule has 10 heteroatoms. The minimum absolute atomic E-state index is 0.00274. The van der Waals surface area contributed by atoms with E-state index in [0.717, 1.165) is 11.1 Å². The Bertz CT molecular complexity index is 1370. The van der Waals surface area contributed by atoms with Crippen molar-refractivity contribution in [2.45, 2.75) is 6.92 Å². The molecule has 0 atom stereocenters. The Labute approximate surface area is 207 Å². The molecule has 0 bridgehead atoms. The predicted octanol–water partition coefficient (Wildman–Crippen LogP) is 3.36. The average molecular weight is 490 g/mol. The number of nitrogen functional groups attached to an aromatic ring is 1. The fourth-order valence-corrected chi connectivity index (χ4v) is 4.12. The van der Waals surface area contributed by atoms with Crippen LogP contribution < -0.4 is 15.4 Å². The van der Waals surface area contributed by atoms with Crippen LogP contribution in [0.4, 0.5) is 11.8 Å². The van der Waals surface area contributed by atoms with Crippen LogP contribution in [0.5, 0.6) is 5.75 Å². The number of rotatable bonds is 5. The summed E-state index contributed by atoms with van der Waals surface area (Å²) < 4.78 is 5.68. The van der Waals surface area contributed by atoms with Gasteiger partial charge in [0.25, 0.3) is 5.91 Å². The van der Waals surface area contributed by atoms with E-state index in [4.69, 9.17) is 27.1 Å². The number of carbonyl (C=O) groups is 1. The van der Waals surface area contributed by atoms with Crippen LogP contribution in [0.15, 0.2) is 54.7 Å². The van der Waals surface area contributed by atoms with Crippen LogP contribution in [-0.4, -0.2) is 63.5 Å². The zero-order valence-electron chi connectivity index (χ0n) is 19.2. The second-order valence-electron chi connectivity index (χ2n) is 8.31. The number of hydrogen-bond donors (Lipinski definition) is 1. The highest BCUT2D eigenvalue weighted by Gasteiger charge is 2.25. The number of nitrogens with zero attached hydrogens (tertiary/aromatic N) is 6. The molecular weight excluding hydrogens is 466 g/mol. The van der Waals surface area contributed by atoms with Crippen molar-refractivity contribution in [3.63, 3.8) is 0 Å². The van der Waals surface area contributed by atoms with E-state index in [0.29, 0.717) is 59.6 Å². The van der Waals surface area contributed by atoms with Crippen LogP contribution in [-0.2, 0) is 4.79 Å². The van der Waals surface area contributed by atoms with Gasteiger partial charge >= 0.3 is 0 Å². The molecule has 35 heavy (non-hydrogen) atoms. The SMILES string of the molecule is Cc1cccc(OCC(=O)N2CCN(c3nc(N)nc4ncc(-c5ccc(Cl)cc5)nc34)CC2)c1. The first-order chi connectivity index (χ1) is 17.0. The molecule has 1 aliphatic heterocycles. The van der Waals surface area contributed by atoms with Gasteiger partial charge in [0.15, 0.2) is 23.6 Å². The first kappa shape index (κ1) is 22.8. The van der Waals surface area contributed by atoms with Gasteiger partial charge in [-0.1, -0.05) is 35.9 Å². The van der Waals surface area contributed by atoms with E-state index < -0.39 is 0 Å². The Morgan fingerprint density at radius 2 is 1.83 bits per heavy atom. The lowest BCUT2D eigenvalue weighted by molar-refractivity contribution is -0.133. The summed E-state index contributed by atoms with van der Waals surface area (Å²) in [6.45, 7) is 4.21. The maximum atomic E-state index is 12.7. The molecule has 0 aliphatic carbocycles. The molecule has 0 radical (unpaired) electrons. The van der Waals surface area contributed by atoms with Gasteiger partial charge in [0.05, 0.1) is 11.9 Å². The number of nitrogens with two attached hydrogens (primary N) is 1. The number of fused-ring (bicyclic) bond motifs is 1.